The van der Waals surface area contributed by atoms with Gasteiger partial charge in [0.15, 0.2) is 0 Å². The van der Waals surface area contributed by atoms with Crippen LogP contribution in [0.1, 0.15) is 11.3 Å². The van der Waals surface area contributed by atoms with Crippen molar-refractivity contribution >= 4 is 45.8 Å². The zero-order chi connectivity index (χ0) is 27.7. The molecule has 1 heterocycles. The Balaban J connectivity index is 1.47. The van der Waals surface area contributed by atoms with Gasteiger partial charge in [-0.1, -0.05) is 77.3 Å². The summed E-state index contributed by atoms with van der Waals surface area (Å²) >= 11 is 18.4. The summed E-state index contributed by atoms with van der Waals surface area (Å²) < 4.78 is 58.1. The van der Waals surface area contributed by atoms with E-state index in [9.17, 15) is 18.0 Å². The van der Waals surface area contributed by atoms with Gasteiger partial charge in [-0.25, -0.2) is 0 Å². The summed E-state index contributed by atoms with van der Waals surface area (Å²) in [5.41, 5.74) is 0.828. The summed E-state index contributed by atoms with van der Waals surface area (Å²) in [5.74, 6) is -2.36. The zero-order valence-electron chi connectivity index (χ0n) is 19.7. The lowest BCUT2D eigenvalue weighted by atomic mass is 10.1. The second-order valence-corrected chi connectivity index (χ2v) is 9.54. The largest absolute Gasteiger partial charge is 0.489 e. The van der Waals surface area contributed by atoms with Gasteiger partial charge >= 0.3 is 6.18 Å². The van der Waals surface area contributed by atoms with Crippen LogP contribution in [0, 0.1) is 0 Å². The maximum Gasteiger partial charge on any atom is 0.453 e. The molecule has 4 aromatic carbocycles. The SMILES string of the molecule is O=c1c(Oc2ccc(-c3ccccc3)cc2)c(C(F)(F)F)oc2cc(OCc3c(Cl)ccc(Cl)c3Cl)ccc12. The molecule has 0 aliphatic carbocycles. The number of rotatable bonds is 6. The molecule has 10 heteroatoms. The van der Waals surface area contributed by atoms with E-state index in [0.29, 0.717) is 10.6 Å². The van der Waals surface area contributed by atoms with Crippen molar-refractivity contribution in [2.24, 2.45) is 0 Å². The minimum atomic E-state index is -5.01. The molecule has 0 radical (unpaired) electrons. The molecular formula is C29H16Cl3F3O4. The molecule has 198 valence electrons. The first kappa shape index (κ1) is 26.9. The Morgan fingerprint density at radius 2 is 1.41 bits per heavy atom. The lowest BCUT2D eigenvalue weighted by Gasteiger charge is -2.14. The fraction of sp³-hybridized carbons (Fsp3) is 0.0690. The molecule has 0 saturated heterocycles. The van der Waals surface area contributed by atoms with Crippen molar-refractivity contribution in [2.75, 3.05) is 0 Å². The highest BCUT2D eigenvalue weighted by Crippen LogP contribution is 2.39. The first-order valence-electron chi connectivity index (χ1n) is 11.4. The van der Waals surface area contributed by atoms with Gasteiger partial charge in [0.2, 0.25) is 11.2 Å². The lowest BCUT2D eigenvalue weighted by Crippen LogP contribution is -2.15. The molecule has 0 bridgehead atoms. The minimum absolute atomic E-state index is 0.0436. The van der Waals surface area contributed by atoms with Gasteiger partial charge in [-0.15, -0.1) is 0 Å². The van der Waals surface area contributed by atoms with Crippen molar-refractivity contribution in [3.8, 4) is 28.4 Å². The minimum Gasteiger partial charge on any atom is -0.489 e. The van der Waals surface area contributed by atoms with Gasteiger partial charge in [-0.05, 0) is 47.5 Å². The molecular weight excluding hydrogens is 576 g/mol. The smallest absolute Gasteiger partial charge is 0.453 e. The Kier molecular flexibility index (Phi) is 7.49. The van der Waals surface area contributed by atoms with Crippen molar-refractivity contribution < 1.29 is 27.1 Å². The first-order chi connectivity index (χ1) is 18.6. The first-order valence-corrected chi connectivity index (χ1v) is 12.5. The van der Waals surface area contributed by atoms with E-state index in [1.165, 1.54) is 36.4 Å². The summed E-state index contributed by atoms with van der Waals surface area (Å²) in [6, 6.07) is 22.7. The van der Waals surface area contributed by atoms with Crippen molar-refractivity contribution in [1.29, 1.82) is 0 Å². The van der Waals surface area contributed by atoms with Crippen LogP contribution < -0.4 is 14.9 Å². The van der Waals surface area contributed by atoms with E-state index in [1.807, 2.05) is 30.3 Å². The number of benzene rings is 4. The van der Waals surface area contributed by atoms with E-state index in [-0.39, 0.29) is 39.1 Å². The Morgan fingerprint density at radius 3 is 2.10 bits per heavy atom. The van der Waals surface area contributed by atoms with Crippen molar-refractivity contribution in [3.05, 3.63) is 122 Å². The standard InChI is InChI=1S/C29H16Cl3F3O4/c30-22-12-13-23(31)25(32)21(22)15-37-19-10-11-20-24(14-19)39-28(29(33,34)35)27(26(20)36)38-18-8-6-17(7-9-18)16-4-2-1-3-5-16/h1-14H,15H2. The van der Waals surface area contributed by atoms with Crippen molar-refractivity contribution in [3.63, 3.8) is 0 Å². The van der Waals surface area contributed by atoms with Gasteiger partial charge in [-0.3, -0.25) is 4.79 Å². The van der Waals surface area contributed by atoms with Crippen LogP contribution in [-0.4, -0.2) is 0 Å². The molecule has 0 N–H and O–H groups in total. The van der Waals surface area contributed by atoms with Crippen LogP contribution in [0.25, 0.3) is 22.1 Å². The van der Waals surface area contributed by atoms with E-state index in [2.05, 4.69) is 0 Å². The predicted molar refractivity (Wildman–Crippen MR) is 145 cm³/mol. The van der Waals surface area contributed by atoms with E-state index < -0.39 is 23.1 Å². The molecule has 5 rings (SSSR count). The van der Waals surface area contributed by atoms with Crippen LogP contribution in [0.4, 0.5) is 13.2 Å². The van der Waals surface area contributed by atoms with Crippen LogP contribution in [0.15, 0.2) is 94.1 Å². The lowest BCUT2D eigenvalue weighted by molar-refractivity contribution is -0.154. The van der Waals surface area contributed by atoms with Crippen molar-refractivity contribution in [1.82, 2.24) is 0 Å². The zero-order valence-corrected chi connectivity index (χ0v) is 22.0. The summed E-state index contributed by atoms with van der Waals surface area (Å²) in [5, 5.41) is 0.635. The number of hydrogen-bond donors (Lipinski definition) is 0. The van der Waals surface area contributed by atoms with Crippen LogP contribution in [-0.2, 0) is 12.8 Å². The number of ether oxygens (including phenoxy) is 2. The van der Waals surface area contributed by atoms with Crippen LogP contribution >= 0.6 is 34.8 Å². The van der Waals surface area contributed by atoms with Gasteiger partial charge < -0.3 is 13.9 Å². The molecule has 0 atom stereocenters. The van der Waals surface area contributed by atoms with E-state index in [4.69, 9.17) is 48.7 Å². The highest BCUT2D eigenvalue weighted by molar-refractivity contribution is 6.44. The second kappa shape index (κ2) is 10.8. The molecule has 4 nitrogen and oxygen atoms in total. The van der Waals surface area contributed by atoms with Crippen LogP contribution in [0.2, 0.25) is 15.1 Å². The third-order valence-electron chi connectivity index (χ3n) is 5.78. The summed E-state index contributed by atoms with van der Waals surface area (Å²) in [6.45, 7) is -0.125. The van der Waals surface area contributed by atoms with Gasteiger partial charge in [0.05, 0.1) is 15.4 Å². The van der Waals surface area contributed by atoms with Gasteiger partial charge in [0, 0.05) is 16.7 Å². The summed E-state index contributed by atoms with van der Waals surface area (Å²) in [6.07, 6.45) is -5.01. The quantitative estimate of drug-likeness (QED) is 0.184. The fourth-order valence-corrected chi connectivity index (χ4v) is 4.50. The maximum atomic E-state index is 14.0. The number of alkyl halides is 3. The molecule has 5 aromatic rings. The summed E-state index contributed by atoms with van der Waals surface area (Å²) in [7, 11) is 0. The monoisotopic (exact) mass is 590 g/mol. The van der Waals surface area contributed by atoms with Gasteiger partial charge in [0.25, 0.3) is 5.76 Å². The van der Waals surface area contributed by atoms with E-state index in [0.717, 1.165) is 11.1 Å². The van der Waals surface area contributed by atoms with E-state index >= 15 is 0 Å². The maximum absolute atomic E-state index is 14.0. The molecule has 0 aliphatic rings. The van der Waals surface area contributed by atoms with Crippen molar-refractivity contribution in [2.45, 2.75) is 12.8 Å². The van der Waals surface area contributed by atoms with Crippen LogP contribution in [0.3, 0.4) is 0 Å². The molecule has 0 amide bonds. The third kappa shape index (κ3) is 5.71. The molecule has 39 heavy (non-hydrogen) atoms. The fourth-order valence-electron chi connectivity index (χ4n) is 3.85. The molecule has 0 fully saturated rings. The molecule has 1 aromatic heterocycles. The van der Waals surface area contributed by atoms with E-state index in [1.54, 1.807) is 18.2 Å². The number of fused-ring (bicyclic) bond motifs is 1. The average molecular weight is 592 g/mol. The highest BCUT2D eigenvalue weighted by Gasteiger charge is 2.40. The Labute approximate surface area is 235 Å². The average Bonchev–Trinajstić information content (AvgIpc) is 2.92. The number of hydrogen-bond acceptors (Lipinski definition) is 4. The van der Waals surface area contributed by atoms with Crippen LogP contribution in [0.5, 0.6) is 17.2 Å². The van der Waals surface area contributed by atoms with Gasteiger partial charge in [-0.2, -0.15) is 13.2 Å². The third-order valence-corrected chi connectivity index (χ3v) is 6.98. The summed E-state index contributed by atoms with van der Waals surface area (Å²) in [4.78, 5) is 13.1. The van der Waals surface area contributed by atoms with Gasteiger partial charge in [0.1, 0.15) is 23.7 Å². The topological polar surface area (TPSA) is 48.7 Å². The molecule has 0 unspecified atom stereocenters. The number of halogens is 6. The highest BCUT2D eigenvalue weighted by atomic mass is 35.5. The molecule has 0 saturated carbocycles. The molecule has 0 aliphatic heterocycles. The second-order valence-electron chi connectivity index (χ2n) is 8.35. The Bertz CT molecular complexity index is 1720. The normalized spacial score (nSPS) is 11.5. The Hall–Kier alpha value is -3.65. The molecule has 0 spiro atoms. The predicted octanol–water partition coefficient (Wildman–Crippen LogP) is 9.81. The Morgan fingerprint density at radius 1 is 0.769 bits per heavy atom.